The van der Waals surface area contributed by atoms with Crippen LogP contribution < -0.4 is 10.6 Å². The number of carbonyl (C=O) groups is 2. The highest BCUT2D eigenvalue weighted by Gasteiger charge is 2.27. The third-order valence-electron chi connectivity index (χ3n) is 3.00. The number of nitrogens with one attached hydrogen (secondary N) is 3. The Labute approximate surface area is 113 Å². The molecule has 1 saturated heterocycles. The zero-order valence-electron chi connectivity index (χ0n) is 9.86. The lowest BCUT2D eigenvalue weighted by Crippen LogP contribution is -2.37. The summed E-state index contributed by atoms with van der Waals surface area (Å²) in [5, 5.41) is 5.36. The van der Waals surface area contributed by atoms with E-state index in [9.17, 15) is 9.59 Å². The molecule has 0 spiro atoms. The molecule has 19 heavy (non-hydrogen) atoms. The molecule has 1 aromatic carbocycles. The molecular formula is C12H11N3O3S. The first-order valence-corrected chi connectivity index (χ1v) is 6.26. The summed E-state index contributed by atoms with van der Waals surface area (Å²) in [6.07, 6.45) is 0.918. The number of aromatic nitrogens is 1. The predicted octanol–water partition coefficient (Wildman–Crippen LogP) is 1.71. The van der Waals surface area contributed by atoms with Crippen LogP contribution in [0.5, 0.6) is 0 Å². The van der Waals surface area contributed by atoms with Crippen LogP contribution in [0.2, 0.25) is 0 Å². The number of rotatable bonds is 2. The molecule has 0 unspecified atom stereocenters. The fraction of sp³-hybridized carbons (Fsp3) is 0.250. The van der Waals surface area contributed by atoms with Crippen molar-refractivity contribution < 1.29 is 14.0 Å². The summed E-state index contributed by atoms with van der Waals surface area (Å²) in [5.74, 6) is -0.314. The summed E-state index contributed by atoms with van der Waals surface area (Å²) in [5.41, 5.74) is 1.96. The first kappa shape index (κ1) is 11.9. The van der Waals surface area contributed by atoms with Crippen molar-refractivity contribution in [1.29, 1.82) is 0 Å². The van der Waals surface area contributed by atoms with Crippen LogP contribution in [-0.2, 0) is 9.59 Å². The maximum Gasteiger partial charge on any atom is 0.266 e. The van der Waals surface area contributed by atoms with Gasteiger partial charge in [-0.05, 0) is 30.8 Å². The SMILES string of the molecule is O=C1CC[C@@H](C(=O)Nc2ccc3[nH]c(=S)oc3c2)N1. The number of oxazole rings is 1. The molecule has 2 aromatic rings. The minimum Gasteiger partial charge on any atom is -0.429 e. The molecule has 3 N–H and O–H groups in total. The molecule has 6 nitrogen and oxygen atoms in total. The summed E-state index contributed by atoms with van der Waals surface area (Å²) in [4.78, 5) is 26.2. The summed E-state index contributed by atoms with van der Waals surface area (Å²) in [6, 6.07) is 4.76. The normalized spacial score (nSPS) is 18.5. The molecule has 1 fully saturated rings. The minimum atomic E-state index is -0.458. The number of fused-ring (bicyclic) bond motifs is 1. The van der Waals surface area contributed by atoms with Crippen LogP contribution in [0.3, 0.4) is 0 Å². The van der Waals surface area contributed by atoms with Crippen molar-refractivity contribution in [2.45, 2.75) is 18.9 Å². The van der Waals surface area contributed by atoms with E-state index in [1.54, 1.807) is 18.2 Å². The Morgan fingerprint density at radius 3 is 3.05 bits per heavy atom. The van der Waals surface area contributed by atoms with E-state index in [2.05, 4.69) is 15.6 Å². The number of H-pyrrole nitrogens is 1. The molecule has 0 saturated carbocycles. The van der Waals surface area contributed by atoms with Crippen molar-refractivity contribution in [3.05, 3.63) is 23.0 Å². The van der Waals surface area contributed by atoms with E-state index in [0.29, 0.717) is 28.9 Å². The fourth-order valence-electron chi connectivity index (χ4n) is 2.06. The van der Waals surface area contributed by atoms with Gasteiger partial charge in [0.05, 0.1) is 5.52 Å². The molecule has 1 aliphatic heterocycles. The quantitative estimate of drug-likeness (QED) is 0.729. The number of carbonyl (C=O) groups excluding carboxylic acids is 2. The van der Waals surface area contributed by atoms with Crippen LogP contribution in [0.4, 0.5) is 5.69 Å². The van der Waals surface area contributed by atoms with E-state index in [4.69, 9.17) is 16.6 Å². The molecule has 98 valence electrons. The predicted molar refractivity (Wildman–Crippen MR) is 71.2 cm³/mol. The van der Waals surface area contributed by atoms with Crippen molar-refractivity contribution in [3.63, 3.8) is 0 Å². The van der Waals surface area contributed by atoms with Gasteiger partial charge in [-0.15, -0.1) is 0 Å². The maximum absolute atomic E-state index is 11.9. The van der Waals surface area contributed by atoms with Crippen LogP contribution in [0.1, 0.15) is 12.8 Å². The second kappa shape index (κ2) is 4.51. The molecule has 2 amide bonds. The molecule has 1 aromatic heterocycles. The van der Waals surface area contributed by atoms with Crippen LogP contribution in [-0.4, -0.2) is 22.8 Å². The summed E-state index contributed by atoms with van der Waals surface area (Å²) < 4.78 is 5.27. The second-order valence-electron chi connectivity index (χ2n) is 4.37. The average molecular weight is 277 g/mol. The first-order valence-electron chi connectivity index (χ1n) is 5.85. The number of anilines is 1. The van der Waals surface area contributed by atoms with Crippen molar-refractivity contribution >= 4 is 40.8 Å². The molecule has 0 radical (unpaired) electrons. The highest BCUT2D eigenvalue weighted by atomic mass is 32.1. The number of amides is 2. The van der Waals surface area contributed by atoms with Crippen LogP contribution in [0, 0.1) is 4.84 Å². The molecule has 0 aliphatic carbocycles. The Kier molecular flexibility index (Phi) is 2.83. The highest BCUT2D eigenvalue weighted by Crippen LogP contribution is 2.19. The van der Waals surface area contributed by atoms with E-state index < -0.39 is 6.04 Å². The van der Waals surface area contributed by atoms with Crippen molar-refractivity contribution in [3.8, 4) is 0 Å². The molecule has 0 bridgehead atoms. The zero-order valence-corrected chi connectivity index (χ0v) is 10.7. The van der Waals surface area contributed by atoms with Gasteiger partial charge in [0.1, 0.15) is 6.04 Å². The molecular weight excluding hydrogens is 266 g/mol. The summed E-state index contributed by atoms with van der Waals surface area (Å²) in [6.45, 7) is 0. The third-order valence-corrected chi connectivity index (χ3v) is 3.19. The van der Waals surface area contributed by atoms with E-state index in [0.717, 1.165) is 5.52 Å². The molecule has 7 heteroatoms. The largest absolute Gasteiger partial charge is 0.429 e. The molecule has 2 heterocycles. The molecule has 1 atom stereocenters. The van der Waals surface area contributed by atoms with Crippen molar-refractivity contribution in [1.82, 2.24) is 10.3 Å². The first-order chi connectivity index (χ1) is 9.11. The van der Waals surface area contributed by atoms with E-state index in [-0.39, 0.29) is 11.8 Å². The second-order valence-corrected chi connectivity index (χ2v) is 4.74. The third kappa shape index (κ3) is 2.37. The Hall–Kier alpha value is -2.15. The van der Waals surface area contributed by atoms with Crippen LogP contribution >= 0.6 is 12.2 Å². The van der Waals surface area contributed by atoms with E-state index in [1.165, 1.54) is 0 Å². The van der Waals surface area contributed by atoms with Gasteiger partial charge >= 0.3 is 0 Å². The van der Waals surface area contributed by atoms with E-state index in [1.807, 2.05) is 0 Å². The highest BCUT2D eigenvalue weighted by molar-refractivity contribution is 7.71. The summed E-state index contributed by atoms with van der Waals surface area (Å²) >= 11 is 4.89. The minimum absolute atomic E-state index is 0.0908. The Morgan fingerprint density at radius 1 is 1.47 bits per heavy atom. The standard InChI is InChI=1S/C12H11N3O3S/c16-10-4-3-8(14-10)11(17)13-6-1-2-7-9(5-6)18-12(19)15-7/h1-2,5,8H,3-4H2,(H,13,17)(H,14,16)(H,15,19)/t8-/m0/s1. The number of benzene rings is 1. The molecule has 3 rings (SSSR count). The smallest absolute Gasteiger partial charge is 0.266 e. The van der Waals surface area contributed by atoms with Gasteiger partial charge < -0.3 is 20.0 Å². The molecule has 1 aliphatic rings. The van der Waals surface area contributed by atoms with Gasteiger partial charge in [0.2, 0.25) is 11.8 Å². The topological polar surface area (TPSA) is 87.1 Å². The van der Waals surface area contributed by atoms with Gasteiger partial charge in [-0.25, -0.2) is 0 Å². The fourth-order valence-corrected chi connectivity index (χ4v) is 2.26. The van der Waals surface area contributed by atoms with Gasteiger partial charge in [-0.3, -0.25) is 9.59 Å². The van der Waals surface area contributed by atoms with Crippen LogP contribution in [0.25, 0.3) is 11.1 Å². The van der Waals surface area contributed by atoms with Gasteiger partial charge in [0.15, 0.2) is 5.58 Å². The summed E-state index contributed by atoms with van der Waals surface area (Å²) in [7, 11) is 0. The van der Waals surface area contributed by atoms with Crippen molar-refractivity contribution in [2.24, 2.45) is 0 Å². The lowest BCUT2D eigenvalue weighted by Gasteiger charge is -2.10. The van der Waals surface area contributed by atoms with Crippen LogP contribution in [0.15, 0.2) is 22.6 Å². The monoisotopic (exact) mass is 277 g/mol. The number of aromatic amines is 1. The van der Waals surface area contributed by atoms with Gasteiger partial charge in [-0.2, -0.15) is 0 Å². The number of hydrogen-bond acceptors (Lipinski definition) is 4. The zero-order chi connectivity index (χ0) is 13.4. The average Bonchev–Trinajstić information content (AvgIpc) is 2.93. The lowest BCUT2D eigenvalue weighted by molar-refractivity contribution is -0.122. The van der Waals surface area contributed by atoms with Gasteiger partial charge in [0, 0.05) is 18.2 Å². The van der Waals surface area contributed by atoms with E-state index >= 15 is 0 Å². The Bertz CT molecular complexity index is 718. The number of hydrogen-bond donors (Lipinski definition) is 3. The van der Waals surface area contributed by atoms with Gasteiger partial charge in [0.25, 0.3) is 4.84 Å². The maximum atomic E-state index is 11.9. The Morgan fingerprint density at radius 2 is 2.32 bits per heavy atom. The lowest BCUT2D eigenvalue weighted by atomic mass is 10.2. The van der Waals surface area contributed by atoms with Gasteiger partial charge in [-0.1, -0.05) is 0 Å². The van der Waals surface area contributed by atoms with Crippen molar-refractivity contribution in [2.75, 3.05) is 5.32 Å². The Balaban J connectivity index is 1.79.